The van der Waals surface area contributed by atoms with Gasteiger partial charge >= 0.3 is 0 Å². The Morgan fingerprint density at radius 3 is 3.12 bits per heavy atom. The average molecular weight is 336 g/mol. The molecule has 1 amide bonds. The van der Waals surface area contributed by atoms with E-state index in [4.69, 9.17) is 5.10 Å². The van der Waals surface area contributed by atoms with Gasteiger partial charge in [-0.3, -0.25) is 14.6 Å². The standard InChI is InChI=1S/C16H12N6OS/c23-16-14-12(11-2-1-7-24-11)13(21-22(14)6-5-18-16)9-3-4-17-15-10(9)8-19-20-15/h1-4,7-8H,5-6H2,(H,18,23)(H,17,19,20). The number of aromatic nitrogens is 5. The van der Waals surface area contributed by atoms with Crippen molar-refractivity contribution in [1.82, 2.24) is 30.3 Å². The molecule has 5 rings (SSSR count). The number of fused-ring (bicyclic) bond motifs is 2. The van der Waals surface area contributed by atoms with Gasteiger partial charge < -0.3 is 5.32 Å². The summed E-state index contributed by atoms with van der Waals surface area (Å²) in [4.78, 5) is 17.8. The summed E-state index contributed by atoms with van der Waals surface area (Å²) < 4.78 is 1.80. The molecule has 4 aromatic rings. The summed E-state index contributed by atoms with van der Waals surface area (Å²) in [6.07, 6.45) is 3.47. The lowest BCUT2D eigenvalue weighted by molar-refractivity contribution is 0.0925. The summed E-state index contributed by atoms with van der Waals surface area (Å²) in [6.45, 7) is 1.26. The van der Waals surface area contributed by atoms with Crippen molar-refractivity contribution in [2.75, 3.05) is 6.54 Å². The second-order valence-corrected chi connectivity index (χ2v) is 6.47. The molecule has 0 atom stereocenters. The number of hydrogen-bond donors (Lipinski definition) is 2. The predicted octanol–water partition coefficient (Wildman–Crippen LogP) is 2.29. The predicted molar refractivity (Wildman–Crippen MR) is 90.8 cm³/mol. The second-order valence-electron chi connectivity index (χ2n) is 5.52. The molecule has 2 N–H and O–H groups in total. The minimum atomic E-state index is -0.0825. The highest BCUT2D eigenvalue weighted by atomic mass is 32.1. The molecule has 0 spiro atoms. The van der Waals surface area contributed by atoms with E-state index in [9.17, 15) is 4.79 Å². The average Bonchev–Trinajstić information content (AvgIpc) is 3.32. The van der Waals surface area contributed by atoms with Crippen molar-refractivity contribution in [2.45, 2.75) is 6.54 Å². The van der Waals surface area contributed by atoms with Crippen molar-refractivity contribution >= 4 is 28.3 Å². The third kappa shape index (κ3) is 1.83. The first-order valence-electron chi connectivity index (χ1n) is 7.54. The molecule has 0 unspecified atom stereocenters. The molecule has 24 heavy (non-hydrogen) atoms. The molecule has 1 aliphatic heterocycles. The van der Waals surface area contributed by atoms with Crippen LogP contribution in [0, 0.1) is 0 Å². The van der Waals surface area contributed by atoms with Gasteiger partial charge in [0.25, 0.3) is 5.91 Å². The van der Waals surface area contributed by atoms with E-state index in [1.165, 1.54) is 0 Å². The number of H-pyrrole nitrogens is 1. The first-order valence-corrected chi connectivity index (χ1v) is 8.42. The Labute approximate surface area is 140 Å². The maximum Gasteiger partial charge on any atom is 0.270 e. The van der Waals surface area contributed by atoms with Crippen LogP contribution in [0.1, 0.15) is 10.5 Å². The van der Waals surface area contributed by atoms with Crippen molar-refractivity contribution in [3.05, 3.63) is 41.7 Å². The van der Waals surface area contributed by atoms with Crippen molar-refractivity contribution in [3.8, 4) is 21.7 Å². The molecule has 5 heterocycles. The number of hydrogen-bond acceptors (Lipinski definition) is 5. The summed E-state index contributed by atoms with van der Waals surface area (Å²) >= 11 is 1.60. The van der Waals surface area contributed by atoms with Crippen molar-refractivity contribution in [3.63, 3.8) is 0 Å². The molecule has 0 saturated heterocycles. The highest BCUT2D eigenvalue weighted by molar-refractivity contribution is 7.13. The molecular weight excluding hydrogens is 324 g/mol. The van der Waals surface area contributed by atoms with E-state index in [0.29, 0.717) is 24.4 Å². The maximum absolute atomic E-state index is 12.5. The van der Waals surface area contributed by atoms with Crippen molar-refractivity contribution in [2.24, 2.45) is 0 Å². The van der Waals surface area contributed by atoms with Crippen LogP contribution in [0.3, 0.4) is 0 Å². The Hall–Kier alpha value is -3.00. The zero-order chi connectivity index (χ0) is 16.1. The van der Waals surface area contributed by atoms with Crippen LogP contribution in [0.2, 0.25) is 0 Å². The molecule has 0 radical (unpaired) electrons. The Morgan fingerprint density at radius 1 is 1.29 bits per heavy atom. The smallest absolute Gasteiger partial charge is 0.270 e. The molecule has 0 saturated carbocycles. The van der Waals surface area contributed by atoms with E-state index in [1.807, 2.05) is 23.6 Å². The molecule has 0 aliphatic carbocycles. The minimum absolute atomic E-state index is 0.0825. The second kappa shape index (κ2) is 5.00. The van der Waals surface area contributed by atoms with Gasteiger partial charge in [-0.15, -0.1) is 11.3 Å². The fraction of sp³-hybridized carbons (Fsp3) is 0.125. The maximum atomic E-state index is 12.5. The number of nitrogens with zero attached hydrogens (tertiary/aromatic N) is 4. The van der Waals surface area contributed by atoms with E-state index >= 15 is 0 Å². The number of carbonyl (C=O) groups is 1. The summed E-state index contributed by atoms with van der Waals surface area (Å²) in [7, 11) is 0. The minimum Gasteiger partial charge on any atom is -0.349 e. The molecule has 0 aromatic carbocycles. The number of thiophene rings is 1. The Morgan fingerprint density at radius 2 is 2.25 bits per heavy atom. The van der Waals surface area contributed by atoms with E-state index in [0.717, 1.165) is 27.1 Å². The Kier molecular flexibility index (Phi) is 2.80. The van der Waals surface area contributed by atoms with Crippen LogP contribution < -0.4 is 5.32 Å². The van der Waals surface area contributed by atoms with E-state index in [1.54, 1.807) is 28.4 Å². The van der Waals surface area contributed by atoms with Gasteiger partial charge in [-0.25, -0.2) is 4.98 Å². The van der Waals surface area contributed by atoms with Gasteiger partial charge in [0.1, 0.15) is 11.4 Å². The van der Waals surface area contributed by atoms with E-state index in [-0.39, 0.29) is 5.91 Å². The molecule has 1 aliphatic rings. The van der Waals surface area contributed by atoms with Crippen LogP contribution in [-0.4, -0.2) is 37.4 Å². The number of carbonyl (C=O) groups excluding carboxylic acids is 1. The quantitative estimate of drug-likeness (QED) is 0.588. The van der Waals surface area contributed by atoms with Crippen LogP contribution in [0.4, 0.5) is 0 Å². The highest BCUT2D eigenvalue weighted by Gasteiger charge is 2.29. The van der Waals surface area contributed by atoms with E-state index in [2.05, 4.69) is 20.5 Å². The molecule has 0 bridgehead atoms. The van der Waals surface area contributed by atoms with Crippen LogP contribution in [0.15, 0.2) is 36.0 Å². The first-order chi connectivity index (χ1) is 11.8. The number of nitrogens with one attached hydrogen (secondary N) is 2. The molecule has 0 fully saturated rings. The van der Waals surface area contributed by atoms with E-state index < -0.39 is 0 Å². The van der Waals surface area contributed by atoms with Gasteiger partial charge in [-0.2, -0.15) is 10.2 Å². The highest BCUT2D eigenvalue weighted by Crippen LogP contribution is 2.39. The van der Waals surface area contributed by atoms with Crippen LogP contribution >= 0.6 is 11.3 Å². The normalized spacial score (nSPS) is 13.9. The fourth-order valence-electron chi connectivity index (χ4n) is 3.11. The van der Waals surface area contributed by atoms with Gasteiger partial charge in [-0.05, 0) is 17.5 Å². The molecule has 4 aromatic heterocycles. The van der Waals surface area contributed by atoms with Gasteiger partial charge in [0.2, 0.25) is 0 Å². The summed E-state index contributed by atoms with van der Waals surface area (Å²) in [5.41, 5.74) is 3.91. The van der Waals surface area contributed by atoms with Gasteiger partial charge in [-0.1, -0.05) is 6.07 Å². The number of rotatable bonds is 2. The zero-order valence-corrected chi connectivity index (χ0v) is 13.3. The summed E-state index contributed by atoms with van der Waals surface area (Å²) in [5, 5.41) is 17.5. The summed E-state index contributed by atoms with van der Waals surface area (Å²) in [5.74, 6) is -0.0825. The Balaban J connectivity index is 1.86. The number of pyridine rings is 1. The monoisotopic (exact) mass is 336 g/mol. The van der Waals surface area contributed by atoms with Crippen molar-refractivity contribution in [1.29, 1.82) is 0 Å². The lowest BCUT2D eigenvalue weighted by Gasteiger charge is -2.14. The van der Waals surface area contributed by atoms with Crippen LogP contribution in [0.25, 0.3) is 32.7 Å². The number of amides is 1. The Bertz CT molecular complexity index is 1060. The fourth-order valence-corrected chi connectivity index (χ4v) is 3.89. The van der Waals surface area contributed by atoms with Crippen molar-refractivity contribution < 1.29 is 4.79 Å². The van der Waals surface area contributed by atoms with Crippen LogP contribution in [-0.2, 0) is 6.54 Å². The lowest BCUT2D eigenvalue weighted by atomic mass is 10.0. The lowest BCUT2D eigenvalue weighted by Crippen LogP contribution is -2.35. The summed E-state index contributed by atoms with van der Waals surface area (Å²) in [6, 6.07) is 5.91. The van der Waals surface area contributed by atoms with Gasteiger partial charge in [0, 0.05) is 28.6 Å². The first kappa shape index (κ1) is 13.4. The third-order valence-electron chi connectivity index (χ3n) is 4.15. The SMILES string of the molecule is O=C1NCCn2nc(-c3ccnc4[nH]ncc34)c(-c3cccs3)c21. The van der Waals surface area contributed by atoms with Gasteiger partial charge in [0.05, 0.1) is 18.3 Å². The van der Waals surface area contributed by atoms with Crippen LogP contribution in [0.5, 0.6) is 0 Å². The third-order valence-corrected chi connectivity index (χ3v) is 5.04. The zero-order valence-electron chi connectivity index (χ0n) is 12.5. The topological polar surface area (TPSA) is 88.5 Å². The molecule has 7 nitrogen and oxygen atoms in total. The molecule has 8 heteroatoms. The number of aromatic amines is 1. The molecular formula is C16H12N6OS. The molecule has 118 valence electrons. The van der Waals surface area contributed by atoms with Gasteiger partial charge in [0.15, 0.2) is 5.65 Å². The largest absolute Gasteiger partial charge is 0.349 e.